The van der Waals surface area contributed by atoms with Crippen LogP contribution in [0, 0.1) is 17.7 Å². The van der Waals surface area contributed by atoms with Gasteiger partial charge in [0.15, 0.2) is 0 Å². The third kappa shape index (κ3) is 2.95. The first-order chi connectivity index (χ1) is 10.2. The van der Waals surface area contributed by atoms with Gasteiger partial charge in [0, 0.05) is 12.5 Å². The Kier molecular flexibility index (Phi) is 4.24. The molecule has 0 bridgehead atoms. The average Bonchev–Trinajstić information content (AvgIpc) is 2.45. The van der Waals surface area contributed by atoms with Gasteiger partial charge in [0.2, 0.25) is 5.91 Å². The van der Waals surface area contributed by atoms with Crippen LogP contribution in [-0.4, -0.2) is 30.4 Å². The number of carbonyl (C=O) groups is 1. The van der Waals surface area contributed by atoms with Crippen molar-refractivity contribution in [2.75, 3.05) is 19.6 Å². The first-order valence-electron chi connectivity index (χ1n) is 7.93. The van der Waals surface area contributed by atoms with E-state index in [1.54, 1.807) is 0 Å². The lowest BCUT2D eigenvalue weighted by Gasteiger charge is -2.41. The number of carbonyl (C=O) groups excluding carboxylic acids is 1. The Labute approximate surface area is 125 Å². The van der Waals surface area contributed by atoms with Crippen LogP contribution in [0.15, 0.2) is 24.3 Å². The summed E-state index contributed by atoms with van der Waals surface area (Å²) in [6, 6.07) is 6.74. The molecule has 3 nitrogen and oxygen atoms in total. The van der Waals surface area contributed by atoms with Crippen molar-refractivity contribution in [2.45, 2.75) is 32.2 Å². The highest BCUT2D eigenvalue weighted by Crippen LogP contribution is 2.33. The molecule has 0 radical (unpaired) electrons. The molecule has 2 saturated heterocycles. The quantitative estimate of drug-likeness (QED) is 0.928. The summed E-state index contributed by atoms with van der Waals surface area (Å²) in [4.78, 5) is 14.8. The molecule has 2 atom stereocenters. The number of hydrogen-bond acceptors (Lipinski definition) is 2. The Bertz CT molecular complexity index is 498. The monoisotopic (exact) mass is 290 g/mol. The van der Waals surface area contributed by atoms with Crippen molar-refractivity contribution in [1.82, 2.24) is 10.2 Å². The van der Waals surface area contributed by atoms with Crippen LogP contribution >= 0.6 is 0 Å². The molecule has 0 aliphatic carbocycles. The summed E-state index contributed by atoms with van der Waals surface area (Å²) in [5.41, 5.74) is 1.06. The van der Waals surface area contributed by atoms with E-state index in [9.17, 15) is 9.18 Å². The first kappa shape index (κ1) is 14.5. The van der Waals surface area contributed by atoms with E-state index >= 15 is 0 Å². The van der Waals surface area contributed by atoms with Crippen LogP contribution in [0.1, 0.15) is 37.8 Å². The number of hydrogen-bond donors (Lipinski definition) is 1. The molecule has 114 valence electrons. The van der Waals surface area contributed by atoms with Gasteiger partial charge in [0.25, 0.3) is 0 Å². The predicted octanol–water partition coefficient (Wildman–Crippen LogP) is 2.73. The highest BCUT2D eigenvalue weighted by atomic mass is 19.1. The van der Waals surface area contributed by atoms with Crippen molar-refractivity contribution in [3.8, 4) is 0 Å². The van der Waals surface area contributed by atoms with Crippen LogP contribution in [0.25, 0.3) is 0 Å². The van der Waals surface area contributed by atoms with Gasteiger partial charge in [0.1, 0.15) is 5.82 Å². The Morgan fingerprint density at radius 1 is 1.29 bits per heavy atom. The van der Waals surface area contributed by atoms with Gasteiger partial charge in [-0.1, -0.05) is 19.1 Å². The number of likely N-dealkylation sites (tertiary alicyclic amines) is 1. The van der Waals surface area contributed by atoms with Gasteiger partial charge in [-0.25, -0.2) is 4.39 Å². The Morgan fingerprint density at radius 3 is 2.62 bits per heavy atom. The van der Waals surface area contributed by atoms with Gasteiger partial charge in [-0.05, 0) is 56.0 Å². The number of piperidine rings is 1. The maximum absolute atomic E-state index is 13.1. The maximum atomic E-state index is 13.1. The number of nitrogens with one attached hydrogen (secondary N) is 1. The van der Waals surface area contributed by atoms with Crippen molar-refractivity contribution in [3.05, 3.63) is 35.6 Å². The van der Waals surface area contributed by atoms with Gasteiger partial charge in [-0.15, -0.1) is 0 Å². The zero-order valence-corrected chi connectivity index (χ0v) is 12.5. The van der Waals surface area contributed by atoms with E-state index in [0.717, 1.165) is 44.5 Å². The molecule has 1 amide bonds. The highest BCUT2D eigenvalue weighted by molar-refractivity contribution is 5.79. The van der Waals surface area contributed by atoms with Crippen molar-refractivity contribution in [2.24, 2.45) is 11.8 Å². The van der Waals surface area contributed by atoms with Crippen LogP contribution in [0.4, 0.5) is 4.39 Å². The van der Waals surface area contributed by atoms with Gasteiger partial charge in [-0.2, -0.15) is 0 Å². The lowest BCUT2D eigenvalue weighted by molar-refractivity contribution is -0.141. The van der Waals surface area contributed by atoms with E-state index in [1.165, 1.54) is 12.1 Å². The lowest BCUT2D eigenvalue weighted by atomic mass is 9.86. The highest BCUT2D eigenvalue weighted by Gasteiger charge is 2.35. The van der Waals surface area contributed by atoms with Crippen LogP contribution in [0.5, 0.6) is 0 Å². The Morgan fingerprint density at radius 2 is 2.00 bits per heavy atom. The number of nitrogens with zero attached hydrogens (tertiary/aromatic N) is 1. The number of halogens is 1. The van der Waals surface area contributed by atoms with Crippen LogP contribution < -0.4 is 5.32 Å². The second-order valence-corrected chi connectivity index (χ2v) is 6.30. The van der Waals surface area contributed by atoms with Crippen LogP contribution in [0.3, 0.4) is 0 Å². The molecule has 0 saturated carbocycles. The smallest absolute Gasteiger partial charge is 0.226 e. The molecule has 1 aromatic carbocycles. The number of amides is 1. The average molecular weight is 290 g/mol. The molecule has 4 heteroatoms. The molecule has 21 heavy (non-hydrogen) atoms. The fourth-order valence-corrected chi connectivity index (χ4v) is 3.35. The normalized spacial score (nSPS) is 24.5. The van der Waals surface area contributed by atoms with E-state index < -0.39 is 0 Å². The third-order valence-corrected chi connectivity index (χ3v) is 4.95. The summed E-state index contributed by atoms with van der Waals surface area (Å²) >= 11 is 0. The SMILES string of the molecule is CC(C(=O)N1CCCCC1c1ccc(F)cc1)C1CNC1. The van der Waals surface area contributed by atoms with Crippen molar-refractivity contribution < 1.29 is 9.18 Å². The summed E-state index contributed by atoms with van der Waals surface area (Å²) < 4.78 is 13.1. The van der Waals surface area contributed by atoms with E-state index in [4.69, 9.17) is 0 Å². The van der Waals surface area contributed by atoms with Gasteiger partial charge in [0.05, 0.1) is 6.04 Å². The standard InChI is InChI=1S/C17H23FN2O/c1-12(14-10-19-11-14)17(21)20-9-3-2-4-16(20)13-5-7-15(18)8-6-13/h5-8,12,14,16,19H,2-4,9-11H2,1H3. The van der Waals surface area contributed by atoms with Crippen molar-refractivity contribution in [1.29, 1.82) is 0 Å². The fraction of sp³-hybridized carbons (Fsp3) is 0.588. The minimum Gasteiger partial charge on any atom is -0.335 e. The largest absolute Gasteiger partial charge is 0.335 e. The third-order valence-electron chi connectivity index (χ3n) is 4.95. The zero-order chi connectivity index (χ0) is 14.8. The molecule has 2 aliphatic rings. The second kappa shape index (κ2) is 6.14. The van der Waals surface area contributed by atoms with Gasteiger partial charge in [-0.3, -0.25) is 4.79 Å². The summed E-state index contributed by atoms with van der Waals surface area (Å²) in [7, 11) is 0. The topological polar surface area (TPSA) is 32.3 Å². The lowest BCUT2D eigenvalue weighted by Crippen LogP contribution is -2.51. The molecule has 3 rings (SSSR count). The zero-order valence-electron chi connectivity index (χ0n) is 12.5. The molecule has 2 heterocycles. The summed E-state index contributed by atoms with van der Waals surface area (Å²) in [5.74, 6) is 0.581. The molecule has 1 N–H and O–H groups in total. The van der Waals surface area contributed by atoms with Gasteiger partial charge < -0.3 is 10.2 Å². The Hall–Kier alpha value is -1.42. The van der Waals surface area contributed by atoms with E-state index in [-0.39, 0.29) is 23.7 Å². The predicted molar refractivity (Wildman–Crippen MR) is 80.2 cm³/mol. The molecule has 1 aromatic rings. The molecule has 0 aromatic heterocycles. The second-order valence-electron chi connectivity index (χ2n) is 6.30. The van der Waals surface area contributed by atoms with Gasteiger partial charge >= 0.3 is 0 Å². The molecule has 2 fully saturated rings. The molecule has 0 spiro atoms. The summed E-state index contributed by atoms with van der Waals surface area (Å²) in [5, 5.41) is 3.24. The Balaban J connectivity index is 1.77. The van der Waals surface area contributed by atoms with Crippen LogP contribution in [-0.2, 0) is 4.79 Å². The maximum Gasteiger partial charge on any atom is 0.226 e. The molecular weight excluding hydrogens is 267 g/mol. The number of rotatable bonds is 3. The molecular formula is C17H23FN2O. The van der Waals surface area contributed by atoms with Crippen molar-refractivity contribution in [3.63, 3.8) is 0 Å². The minimum atomic E-state index is -0.221. The molecule has 2 unspecified atom stereocenters. The molecule has 2 aliphatic heterocycles. The van der Waals surface area contributed by atoms with Crippen molar-refractivity contribution >= 4 is 5.91 Å². The summed E-state index contributed by atoms with van der Waals surface area (Å²) in [6.45, 7) is 4.76. The summed E-state index contributed by atoms with van der Waals surface area (Å²) in [6.07, 6.45) is 3.18. The van der Waals surface area contributed by atoms with E-state index in [2.05, 4.69) is 5.32 Å². The first-order valence-corrected chi connectivity index (χ1v) is 7.93. The fourth-order valence-electron chi connectivity index (χ4n) is 3.35. The van der Waals surface area contributed by atoms with E-state index in [1.807, 2.05) is 24.0 Å². The minimum absolute atomic E-state index is 0.0762. The van der Waals surface area contributed by atoms with Crippen LogP contribution in [0.2, 0.25) is 0 Å². The van der Waals surface area contributed by atoms with E-state index in [0.29, 0.717) is 5.92 Å². The number of benzene rings is 1.